The van der Waals surface area contributed by atoms with Gasteiger partial charge in [0.2, 0.25) is 5.88 Å². The number of hydrogen-bond donors (Lipinski definition) is 1. The number of amides is 1. The van der Waals surface area contributed by atoms with E-state index in [-0.39, 0.29) is 32.1 Å². The van der Waals surface area contributed by atoms with Crippen molar-refractivity contribution in [2.75, 3.05) is 45.7 Å². The van der Waals surface area contributed by atoms with Crippen molar-refractivity contribution >= 4 is 25.1 Å². The van der Waals surface area contributed by atoms with Crippen LogP contribution in [-0.4, -0.2) is 56.6 Å². The van der Waals surface area contributed by atoms with Crippen LogP contribution in [0.25, 0.3) is 0 Å². The number of fused-ring (bicyclic) bond motifs is 1. The van der Waals surface area contributed by atoms with Gasteiger partial charge in [-0.1, -0.05) is 36.4 Å². The topological polar surface area (TPSA) is 66.9 Å². The van der Waals surface area contributed by atoms with Crippen LogP contribution in [-0.2, 0) is 6.54 Å². The van der Waals surface area contributed by atoms with Crippen LogP contribution in [0.2, 0.25) is 0 Å². The summed E-state index contributed by atoms with van der Waals surface area (Å²) in [5.74, 6) is 0.243. The van der Waals surface area contributed by atoms with Gasteiger partial charge in [-0.15, -0.1) is 0 Å². The van der Waals surface area contributed by atoms with Crippen molar-refractivity contribution in [1.82, 2.24) is 15.2 Å². The maximum absolute atomic E-state index is 15.2. The SMILES string of the molecule is CNCC[C@H](Oc1ccc(CN2CCN(C)c3cnc(OC)cc3C2=O)c(F)c1)c1ccccc1.S. The summed E-state index contributed by atoms with van der Waals surface area (Å²) in [5, 5.41) is 3.14. The molecule has 0 fully saturated rings. The minimum Gasteiger partial charge on any atom is -0.486 e. The highest BCUT2D eigenvalue weighted by molar-refractivity contribution is 7.59. The molecule has 0 spiro atoms. The molecule has 192 valence electrons. The number of halogens is 1. The Hall–Kier alpha value is -3.30. The van der Waals surface area contributed by atoms with E-state index in [0.717, 1.165) is 24.2 Å². The number of carbonyl (C=O) groups is 1. The third kappa shape index (κ3) is 6.27. The molecule has 0 bridgehead atoms. The van der Waals surface area contributed by atoms with Gasteiger partial charge in [0, 0.05) is 50.8 Å². The first-order chi connectivity index (χ1) is 17.0. The molecule has 2 aromatic carbocycles. The van der Waals surface area contributed by atoms with E-state index in [9.17, 15) is 4.79 Å². The molecule has 1 aliphatic heterocycles. The van der Waals surface area contributed by atoms with Crippen molar-refractivity contribution in [2.24, 2.45) is 0 Å². The molecule has 4 rings (SSSR count). The van der Waals surface area contributed by atoms with Gasteiger partial charge in [-0.3, -0.25) is 4.79 Å². The second-order valence-corrected chi connectivity index (χ2v) is 8.55. The number of benzene rings is 2. The lowest BCUT2D eigenvalue weighted by Gasteiger charge is -2.23. The number of carbonyl (C=O) groups excluding carboxylic acids is 1. The third-order valence-electron chi connectivity index (χ3n) is 6.19. The number of nitrogens with zero attached hydrogens (tertiary/aromatic N) is 3. The number of anilines is 1. The lowest BCUT2D eigenvalue weighted by atomic mass is 10.1. The van der Waals surface area contributed by atoms with E-state index in [1.54, 1.807) is 29.3 Å². The second kappa shape index (κ2) is 12.6. The first kappa shape index (κ1) is 27.3. The standard InChI is InChI=1S/C27H31FN4O3.H2S/c1-29-12-11-25(19-7-5-4-6-8-19)35-21-10-9-20(23(28)15-21)18-32-14-13-31(2)24-17-30-26(34-3)16-22(24)27(32)33;/h4-10,15-17,25,29H,11-14,18H2,1-3H3;1H2/t25-;/m0./s1. The Labute approximate surface area is 218 Å². The van der Waals surface area contributed by atoms with Crippen molar-refractivity contribution < 1.29 is 18.7 Å². The molecule has 2 heterocycles. The van der Waals surface area contributed by atoms with Crippen LogP contribution >= 0.6 is 13.5 Å². The van der Waals surface area contributed by atoms with Gasteiger partial charge >= 0.3 is 0 Å². The fourth-order valence-corrected chi connectivity index (χ4v) is 4.17. The molecular formula is C27H33FN4O3S. The fraction of sp³-hybridized carbons (Fsp3) is 0.333. The number of hydrogen-bond acceptors (Lipinski definition) is 6. The summed E-state index contributed by atoms with van der Waals surface area (Å²) in [6.07, 6.45) is 2.19. The second-order valence-electron chi connectivity index (χ2n) is 8.55. The molecule has 1 aliphatic rings. The predicted octanol–water partition coefficient (Wildman–Crippen LogP) is 4.16. The Morgan fingerprint density at radius 2 is 1.92 bits per heavy atom. The van der Waals surface area contributed by atoms with Crippen LogP contribution in [0.1, 0.15) is 34.0 Å². The van der Waals surface area contributed by atoms with E-state index >= 15 is 4.39 Å². The van der Waals surface area contributed by atoms with Crippen molar-refractivity contribution in [3.8, 4) is 11.6 Å². The van der Waals surface area contributed by atoms with Crippen LogP contribution in [0.5, 0.6) is 11.6 Å². The number of aromatic nitrogens is 1. The van der Waals surface area contributed by atoms with E-state index in [1.807, 2.05) is 49.3 Å². The van der Waals surface area contributed by atoms with Crippen LogP contribution in [0.4, 0.5) is 10.1 Å². The van der Waals surface area contributed by atoms with Crippen molar-refractivity contribution in [1.29, 1.82) is 0 Å². The molecule has 0 radical (unpaired) electrons. The number of nitrogens with one attached hydrogen (secondary N) is 1. The third-order valence-corrected chi connectivity index (χ3v) is 6.19. The zero-order valence-corrected chi connectivity index (χ0v) is 21.8. The van der Waals surface area contributed by atoms with Gasteiger partial charge < -0.3 is 24.6 Å². The molecule has 0 unspecified atom stereocenters. The summed E-state index contributed by atoms with van der Waals surface area (Å²) in [5.41, 5.74) is 2.70. The molecule has 7 nitrogen and oxygen atoms in total. The van der Waals surface area contributed by atoms with E-state index in [0.29, 0.717) is 35.8 Å². The summed E-state index contributed by atoms with van der Waals surface area (Å²) in [4.78, 5) is 21.1. The Morgan fingerprint density at radius 3 is 2.61 bits per heavy atom. The van der Waals surface area contributed by atoms with Gasteiger partial charge in [-0.05, 0) is 25.2 Å². The lowest BCUT2D eigenvalue weighted by molar-refractivity contribution is 0.0753. The van der Waals surface area contributed by atoms with Gasteiger partial charge in [0.15, 0.2) is 0 Å². The normalized spacial score (nSPS) is 13.9. The smallest absolute Gasteiger partial charge is 0.256 e. The Balaban J connectivity index is 0.00000361. The van der Waals surface area contributed by atoms with Crippen LogP contribution in [0, 0.1) is 5.82 Å². The summed E-state index contributed by atoms with van der Waals surface area (Å²) < 4.78 is 26.5. The van der Waals surface area contributed by atoms with Crippen molar-refractivity contribution in [3.63, 3.8) is 0 Å². The van der Waals surface area contributed by atoms with Gasteiger partial charge in [0.05, 0.1) is 24.6 Å². The van der Waals surface area contributed by atoms with E-state index in [4.69, 9.17) is 9.47 Å². The molecular weight excluding hydrogens is 479 g/mol. The number of likely N-dealkylation sites (N-methyl/N-ethyl adjacent to an activating group) is 1. The highest BCUT2D eigenvalue weighted by Crippen LogP contribution is 2.29. The molecule has 9 heteroatoms. The molecule has 1 amide bonds. The molecule has 0 saturated heterocycles. The molecule has 1 aromatic heterocycles. The molecule has 0 saturated carbocycles. The largest absolute Gasteiger partial charge is 0.486 e. The summed E-state index contributed by atoms with van der Waals surface area (Å²) in [6.45, 7) is 2.00. The number of rotatable bonds is 9. The lowest BCUT2D eigenvalue weighted by Crippen LogP contribution is -2.33. The zero-order chi connectivity index (χ0) is 24.8. The molecule has 3 aromatic rings. The first-order valence-corrected chi connectivity index (χ1v) is 11.7. The molecule has 1 atom stereocenters. The molecule has 1 N–H and O–H groups in total. The van der Waals surface area contributed by atoms with Crippen LogP contribution in [0.3, 0.4) is 0 Å². The molecule has 36 heavy (non-hydrogen) atoms. The maximum atomic E-state index is 15.2. The van der Waals surface area contributed by atoms with Gasteiger partial charge in [-0.25, -0.2) is 9.37 Å². The monoisotopic (exact) mass is 512 g/mol. The van der Waals surface area contributed by atoms with Crippen LogP contribution in [0.15, 0.2) is 60.8 Å². The van der Waals surface area contributed by atoms with Gasteiger partial charge in [0.25, 0.3) is 5.91 Å². The minimum absolute atomic E-state index is 0. The van der Waals surface area contributed by atoms with E-state index < -0.39 is 5.82 Å². The quantitative estimate of drug-likeness (QED) is 0.464. The summed E-state index contributed by atoms with van der Waals surface area (Å²) >= 11 is 0. The number of methoxy groups -OCH3 is 1. The first-order valence-electron chi connectivity index (χ1n) is 11.7. The predicted molar refractivity (Wildman–Crippen MR) is 144 cm³/mol. The van der Waals surface area contributed by atoms with Gasteiger partial charge in [-0.2, -0.15) is 13.5 Å². The average Bonchev–Trinajstić information content (AvgIpc) is 3.00. The van der Waals surface area contributed by atoms with Gasteiger partial charge in [0.1, 0.15) is 17.7 Å². The fourth-order valence-electron chi connectivity index (χ4n) is 4.17. The highest BCUT2D eigenvalue weighted by atomic mass is 32.1. The highest BCUT2D eigenvalue weighted by Gasteiger charge is 2.27. The van der Waals surface area contributed by atoms with Crippen molar-refractivity contribution in [2.45, 2.75) is 19.1 Å². The van der Waals surface area contributed by atoms with E-state index in [2.05, 4.69) is 10.3 Å². The van der Waals surface area contributed by atoms with Crippen molar-refractivity contribution in [3.05, 3.63) is 83.3 Å². The average molecular weight is 513 g/mol. The summed E-state index contributed by atoms with van der Waals surface area (Å²) in [7, 11) is 5.31. The number of ether oxygens (including phenoxy) is 2. The minimum atomic E-state index is -0.402. The Bertz CT molecular complexity index is 1170. The molecule has 0 aliphatic carbocycles. The number of pyridine rings is 1. The Morgan fingerprint density at radius 1 is 1.14 bits per heavy atom. The van der Waals surface area contributed by atoms with E-state index in [1.165, 1.54) is 13.2 Å². The van der Waals surface area contributed by atoms with Crippen LogP contribution < -0.4 is 19.7 Å². The zero-order valence-electron chi connectivity index (χ0n) is 20.8. The summed E-state index contributed by atoms with van der Waals surface area (Å²) in [6, 6.07) is 16.4. The maximum Gasteiger partial charge on any atom is 0.256 e. The Kier molecular flexibility index (Phi) is 9.55.